The Hall–Kier alpha value is -0.320. The average Bonchev–Trinajstić information content (AvgIpc) is 2.42. The topological polar surface area (TPSA) is 34.1 Å². The van der Waals surface area contributed by atoms with E-state index in [1.54, 1.807) is 19.1 Å². The third kappa shape index (κ3) is 4.33. The van der Waals surface area contributed by atoms with Gasteiger partial charge < -0.3 is 0 Å². The number of benzene rings is 1. The smallest absolute Gasteiger partial charge is 0.150 e. The minimum absolute atomic E-state index is 0.0281. The molecular formula is C13H17Cl2FO2S. The standard InChI is InChI=1S/C13H17Cl2FO2S/c1-2-19(17,18)8-7-13(9-14,10-15)11-3-5-12(16)6-4-11/h3-6H,2,7-10H2,1H3. The van der Waals surface area contributed by atoms with Crippen LogP contribution in [-0.2, 0) is 15.3 Å². The first-order valence-electron chi connectivity index (χ1n) is 5.97. The molecule has 2 nitrogen and oxygen atoms in total. The van der Waals surface area contributed by atoms with Crippen LogP contribution in [0.4, 0.5) is 4.39 Å². The summed E-state index contributed by atoms with van der Waals surface area (Å²) >= 11 is 12.0. The lowest BCUT2D eigenvalue weighted by Gasteiger charge is -2.30. The molecule has 0 aliphatic carbocycles. The van der Waals surface area contributed by atoms with Gasteiger partial charge in [0.05, 0.1) is 5.75 Å². The van der Waals surface area contributed by atoms with Gasteiger partial charge in [0.15, 0.2) is 0 Å². The molecule has 0 bridgehead atoms. The minimum atomic E-state index is -3.08. The highest BCUT2D eigenvalue weighted by Crippen LogP contribution is 2.32. The van der Waals surface area contributed by atoms with Crippen LogP contribution in [0.2, 0.25) is 0 Å². The van der Waals surface area contributed by atoms with Crippen molar-refractivity contribution in [1.82, 2.24) is 0 Å². The number of halogens is 3. The van der Waals surface area contributed by atoms with Crippen molar-refractivity contribution < 1.29 is 12.8 Å². The van der Waals surface area contributed by atoms with Crippen molar-refractivity contribution >= 4 is 33.0 Å². The van der Waals surface area contributed by atoms with Gasteiger partial charge in [-0.25, -0.2) is 12.8 Å². The molecule has 0 fully saturated rings. The zero-order valence-electron chi connectivity index (χ0n) is 10.7. The van der Waals surface area contributed by atoms with E-state index in [9.17, 15) is 12.8 Å². The third-order valence-electron chi connectivity index (χ3n) is 3.30. The lowest BCUT2D eigenvalue weighted by atomic mass is 9.82. The monoisotopic (exact) mass is 326 g/mol. The Morgan fingerprint density at radius 3 is 2.11 bits per heavy atom. The normalized spacial score (nSPS) is 12.6. The highest BCUT2D eigenvalue weighted by molar-refractivity contribution is 7.91. The number of hydrogen-bond acceptors (Lipinski definition) is 2. The second-order valence-electron chi connectivity index (χ2n) is 4.54. The second kappa shape index (κ2) is 6.91. The third-order valence-corrected chi connectivity index (χ3v) is 6.03. The summed E-state index contributed by atoms with van der Waals surface area (Å²) in [6.45, 7) is 1.61. The predicted octanol–water partition coefficient (Wildman–Crippen LogP) is 3.37. The van der Waals surface area contributed by atoms with E-state index in [1.165, 1.54) is 12.1 Å². The first-order valence-corrected chi connectivity index (χ1v) is 8.86. The van der Waals surface area contributed by atoms with Crippen molar-refractivity contribution in [1.29, 1.82) is 0 Å². The number of alkyl halides is 2. The molecule has 0 radical (unpaired) electrons. The molecule has 6 heteroatoms. The molecular weight excluding hydrogens is 310 g/mol. The molecule has 0 heterocycles. The maximum absolute atomic E-state index is 13.0. The summed E-state index contributed by atoms with van der Waals surface area (Å²) in [7, 11) is -3.08. The molecule has 0 spiro atoms. The molecule has 0 amide bonds. The summed E-state index contributed by atoms with van der Waals surface area (Å²) in [5.74, 6) is 0.170. The quantitative estimate of drug-likeness (QED) is 0.720. The van der Waals surface area contributed by atoms with Crippen molar-refractivity contribution in [3.8, 4) is 0 Å². The molecule has 0 aliphatic heterocycles. The molecule has 0 unspecified atom stereocenters. The highest BCUT2D eigenvalue weighted by Gasteiger charge is 2.32. The van der Waals surface area contributed by atoms with Gasteiger partial charge >= 0.3 is 0 Å². The Morgan fingerprint density at radius 1 is 1.16 bits per heavy atom. The average molecular weight is 327 g/mol. The number of hydrogen-bond donors (Lipinski definition) is 0. The van der Waals surface area contributed by atoms with Gasteiger partial charge in [-0.05, 0) is 24.1 Å². The van der Waals surface area contributed by atoms with Crippen LogP contribution < -0.4 is 0 Å². The molecule has 108 valence electrons. The van der Waals surface area contributed by atoms with E-state index in [0.717, 1.165) is 5.56 Å². The maximum atomic E-state index is 13.0. The summed E-state index contributed by atoms with van der Waals surface area (Å²) in [6, 6.07) is 5.88. The van der Waals surface area contributed by atoms with Gasteiger partial charge in [-0.3, -0.25) is 0 Å². The van der Waals surface area contributed by atoms with Crippen molar-refractivity contribution in [2.24, 2.45) is 0 Å². The summed E-state index contributed by atoms with van der Waals surface area (Å²) in [6.07, 6.45) is 0.335. The van der Waals surface area contributed by atoms with Gasteiger partial charge in [-0.15, -0.1) is 23.2 Å². The van der Waals surface area contributed by atoms with Gasteiger partial charge in [-0.2, -0.15) is 0 Å². The van der Waals surface area contributed by atoms with Gasteiger partial charge in [0.2, 0.25) is 0 Å². The van der Waals surface area contributed by atoms with Crippen molar-refractivity contribution in [2.45, 2.75) is 18.8 Å². The van der Waals surface area contributed by atoms with Gasteiger partial charge in [0.1, 0.15) is 15.7 Å². The Labute approximate surface area is 123 Å². The Bertz CT molecular complexity index is 496. The van der Waals surface area contributed by atoms with Gasteiger partial charge in [0.25, 0.3) is 0 Å². The Kier molecular flexibility index (Phi) is 6.09. The van der Waals surface area contributed by atoms with Crippen LogP contribution in [0.25, 0.3) is 0 Å². The summed E-state index contributed by atoms with van der Waals surface area (Å²) in [5, 5.41) is 0. The molecule has 0 aromatic heterocycles. The van der Waals surface area contributed by atoms with Crippen molar-refractivity contribution in [2.75, 3.05) is 23.3 Å². The largest absolute Gasteiger partial charge is 0.229 e. The molecule has 0 N–H and O–H groups in total. The zero-order chi connectivity index (χ0) is 14.5. The van der Waals surface area contributed by atoms with Crippen LogP contribution >= 0.6 is 23.2 Å². The molecule has 0 atom stereocenters. The Balaban J connectivity index is 3.00. The van der Waals surface area contributed by atoms with Crippen LogP contribution in [0.15, 0.2) is 24.3 Å². The van der Waals surface area contributed by atoms with Gasteiger partial charge in [0, 0.05) is 22.9 Å². The summed E-state index contributed by atoms with van der Waals surface area (Å²) in [4.78, 5) is 0. The minimum Gasteiger partial charge on any atom is -0.229 e. The van der Waals surface area contributed by atoms with Gasteiger partial charge in [-0.1, -0.05) is 19.1 Å². The van der Waals surface area contributed by atoms with Crippen LogP contribution in [0, 0.1) is 5.82 Å². The molecule has 19 heavy (non-hydrogen) atoms. The zero-order valence-corrected chi connectivity index (χ0v) is 13.0. The second-order valence-corrected chi connectivity index (χ2v) is 7.55. The molecule has 1 rings (SSSR count). The van der Waals surface area contributed by atoms with Crippen LogP contribution in [0.3, 0.4) is 0 Å². The first-order chi connectivity index (χ1) is 8.89. The fraction of sp³-hybridized carbons (Fsp3) is 0.538. The van der Waals surface area contributed by atoms with Crippen molar-refractivity contribution in [3.63, 3.8) is 0 Å². The van der Waals surface area contributed by atoms with Crippen LogP contribution in [-0.4, -0.2) is 31.7 Å². The predicted molar refractivity (Wildman–Crippen MR) is 78.5 cm³/mol. The molecule has 0 saturated carbocycles. The van der Waals surface area contributed by atoms with E-state index >= 15 is 0 Å². The molecule has 1 aromatic carbocycles. The van der Waals surface area contributed by atoms with E-state index < -0.39 is 15.3 Å². The number of rotatable bonds is 7. The van der Waals surface area contributed by atoms with E-state index in [2.05, 4.69) is 0 Å². The van der Waals surface area contributed by atoms with Crippen LogP contribution in [0.5, 0.6) is 0 Å². The van der Waals surface area contributed by atoms with E-state index in [4.69, 9.17) is 23.2 Å². The SMILES string of the molecule is CCS(=O)(=O)CCC(CCl)(CCl)c1ccc(F)cc1. The fourth-order valence-electron chi connectivity index (χ4n) is 1.77. The summed E-state index contributed by atoms with van der Waals surface area (Å²) in [5.41, 5.74) is 0.129. The first kappa shape index (κ1) is 16.7. The molecule has 0 saturated heterocycles. The summed E-state index contributed by atoms with van der Waals surface area (Å²) < 4.78 is 36.2. The Morgan fingerprint density at radius 2 is 1.68 bits per heavy atom. The van der Waals surface area contributed by atoms with E-state index in [0.29, 0.717) is 6.42 Å². The number of sulfone groups is 1. The van der Waals surface area contributed by atoms with E-state index in [-0.39, 0.29) is 29.1 Å². The lowest BCUT2D eigenvalue weighted by Crippen LogP contribution is -2.33. The highest BCUT2D eigenvalue weighted by atomic mass is 35.5. The van der Waals surface area contributed by atoms with E-state index in [1.807, 2.05) is 0 Å². The maximum Gasteiger partial charge on any atom is 0.150 e. The fourth-order valence-corrected chi connectivity index (χ4v) is 3.62. The van der Waals surface area contributed by atoms with Crippen molar-refractivity contribution in [3.05, 3.63) is 35.6 Å². The van der Waals surface area contributed by atoms with Crippen LogP contribution in [0.1, 0.15) is 18.9 Å². The lowest BCUT2D eigenvalue weighted by molar-refractivity contribution is 0.510. The molecule has 0 aliphatic rings. The molecule has 1 aromatic rings.